The van der Waals surface area contributed by atoms with Crippen molar-refractivity contribution in [2.75, 3.05) is 13.7 Å². The number of fused-ring (bicyclic) bond motifs is 1. The number of aromatic nitrogens is 1. The van der Waals surface area contributed by atoms with E-state index in [0.29, 0.717) is 6.04 Å². The van der Waals surface area contributed by atoms with Crippen LogP contribution >= 0.6 is 11.3 Å². The highest BCUT2D eigenvalue weighted by Gasteiger charge is 2.15. The van der Waals surface area contributed by atoms with Crippen LogP contribution in [0.3, 0.4) is 0 Å². The number of thiazole rings is 1. The second-order valence-corrected chi connectivity index (χ2v) is 5.91. The molecule has 2 atom stereocenters. The van der Waals surface area contributed by atoms with E-state index in [0.717, 1.165) is 30.0 Å². The van der Waals surface area contributed by atoms with Gasteiger partial charge in [-0.05, 0) is 25.5 Å². The van der Waals surface area contributed by atoms with Crippen molar-refractivity contribution in [3.63, 3.8) is 0 Å². The van der Waals surface area contributed by atoms with Crippen molar-refractivity contribution in [3.8, 4) is 0 Å². The molecule has 19 heavy (non-hydrogen) atoms. The predicted octanol–water partition coefficient (Wildman–Crippen LogP) is 3.76. The molecule has 2 unspecified atom stereocenters. The highest BCUT2D eigenvalue weighted by molar-refractivity contribution is 7.18. The van der Waals surface area contributed by atoms with Gasteiger partial charge in [-0.3, -0.25) is 0 Å². The lowest BCUT2D eigenvalue weighted by Crippen LogP contribution is -2.35. The number of hydrogen-bond donors (Lipinski definition) is 1. The van der Waals surface area contributed by atoms with E-state index in [9.17, 15) is 0 Å². The molecule has 0 aliphatic heterocycles. The Kier molecular flexibility index (Phi) is 5.31. The zero-order valence-corrected chi connectivity index (χ0v) is 12.7. The van der Waals surface area contributed by atoms with E-state index in [1.54, 1.807) is 18.4 Å². The quantitative estimate of drug-likeness (QED) is 0.837. The highest BCUT2D eigenvalue weighted by Crippen LogP contribution is 2.26. The first kappa shape index (κ1) is 14.4. The largest absolute Gasteiger partial charge is 0.383 e. The highest BCUT2D eigenvalue weighted by atomic mass is 32.1. The fourth-order valence-electron chi connectivity index (χ4n) is 2.26. The van der Waals surface area contributed by atoms with E-state index in [4.69, 9.17) is 9.72 Å². The lowest BCUT2D eigenvalue weighted by molar-refractivity contribution is 0.157. The van der Waals surface area contributed by atoms with Crippen LogP contribution in [0.4, 0.5) is 0 Å². The van der Waals surface area contributed by atoms with Crippen LogP contribution in [-0.2, 0) is 4.74 Å². The first-order valence-corrected chi connectivity index (χ1v) is 7.66. The summed E-state index contributed by atoms with van der Waals surface area (Å²) >= 11 is 1.77. The first-order valence-electron chi connectivity index (χ1n) is 6.85. The summed E-state index contributed by atoms with van der Waals surface area (Å²) in [5.41, 5.74) is 1.09. The Hall–Kier alpha value is -0.970. The van der Waals surface area contributed by atoms with Crippen molar-refractivity contribution >= 4 is 21.6 Å². The molecule has 0 fully saturated rings. The van der Waals surface area contributed by atoms with Gasteiger partial charge < -0.3 is 10.1 Å². The van der Waals surface area contributed by atoms with Crippen LogP contribution in [0.2, 0.25) is 0 Å². The molecule has 2 rings (SSSR count). The van der Waals surface area contributed by atoms with Crippen molar-refractivity contribution in [3.05, 3.63) is 29.3 Å². The molecule has 3 nitrogen and oxygen atoms in total. The number of rotatable bonds is 7. The molecule has 0 saturated carbocycles. The monoisotopic (exact) mass is 278 g/mol. The molecule has 104 valence electrons. The molecule has 0 aliphatic rings. The SMILES string of the molecule is CCCC(COC)NC(C)c1nc2ccccc2s1. The van der Waals surface area contributed by atoms with E-state index in [2.05, 4.69) is 37.4 Å². The maximum Gasteiger partial charge on any atom is 0.111 e. The van der Waals surface area contributed by atoms with Gasteiger partial charge in [0.2, 0.25) is 0 Å². The minimum absolute atomic E-state index is 0.268. The Morgan fingerprint density at radius 3 is 2.84 bits per heavy atom. The van der Waals surface area contributed by atoms with Gasteiger partial charge in [-0.1, -0.05) is 25.5 Å². The summed E-state index contributed by atoms with van der Waals surface area (Å²) in [6.45, 7) is 5.13. The molecule has 1 aromatic carbocycles. The normalized spacial score (nSPS) is 14.7. The van der Waals surface area contributed by atoms with Gasteiger partial charge in [-0.2, -0.15) is 0 Å². The third-order valence-corrected chi connectivity index (χ3v) is 4.39. The zero-order valence-electron chi connectivity index (χ0n) is 11.8. The standard InChI is InChI=1S/C15H22N2OS/c1-4-7-12(10-18-3)16-11(2)15-17-13-8-5-6-9-14(13)19-15/h5-6,8-9,11-12,16H,4,7,10H2,1-3H3. The van der Waals surface area contributed by atoms with E-state index in [1.165, 1.54) is 4.70 Å². The molecule has 0 bridgehead atoms. The van der Waals surface area contributed by atoms with Gasteiger partial charge in [0.15, 0.2) is 0 Å². The van der Waals surface area contributed by atoms with E-state index < -0.39 is 0 Å². The molecule has 0 radical (unpaired) electrons. The summed E-state index contributed by atoms with van der Waals surface area (Å²) in [6, 6.07) is 8.96. The number of nitrogens with zero attached hydrogens (tertiary/aromatic N) is 1. The first-order chi connectivity index (χ1) is 9.24. The lowest BCUT2D eigenvalue weighted by atomic mass is 10.1. The minimum Gasteiger partial charge on any atom is -0.383 e. The van der Waals surface area contributed by atoms with Crippen LogP contribution in [0.25, 0.3) is 10.2 Å². The van der Waals surface area contributed by atoms with Crippen LogP contribution in [0.5, 0.6) is 0 Å². The van der Waals surface area contributed by atoms with E-state index in [-0.39, 0.29) is 6.04 Å². The number of ether oxygens (including phenoxy) is 1. The maximum absolute atomic E-state index is 5.27. The average molecular weight is 278 g/mol. The molecule has 1 aromatic heterocycles. The van der Waals surface area contributed by atoms with Crippen LogP contribution in [0, 0.1) is 0 Å². The van der Waals surface area contributed by atoms with Crippen LogP contribution in [-0.4, -0.2) is 24.7 Å². The number of hydrogen-bond acceptors (Lipinski definition) is 4. The Morgan fingerprint density at radius 2 is 2.16 bits per heavy atom. The molecule has 0 saturated heterocycles. The molecule has 0 spiro atoms. The number of benzene rings is 1. The number of nitrogens with one attached hydrogen (secondary N) is 1. The lowest BCUT2D eigenvalue weighted by Gasteiger charge is -2.21. The second kappa shape index (κ2) is 6.98. The van der Waals surface area contributed by atoms with Crippen LogP contribution < -0.4 is 5.32 Å². The molecular weight excluding hydrogens is 256 g/mol. The van der Waals surface area contributed by atoms with Crippen LogP contribution in [0.15, 0.2) is 24.3 Å². The summed E-state index contributed by atoms with van der Waals surface area (Å²) in [7, 11) is 1.76. The molecule has 0 amide bonds. The summed E-state index contributed by atoms with van der Waals surface area (Å²) in [4.78, 5) is 4.70. The van der Waals surface area contributed by atoms with Gasteiger partial charge in [-0.25, -0.2) is 4.98 Å². The fourth-order valence-corrected chi connectivity index (χ4v) is 3.24. The van der Waals surface area contributed by atoms with Crippen molar-refractivity contribution in [1.29, 1.82) is 0 Å². The Labute approximate surface area is 119 Å². The predicted molar refractivity (Wildman–Crippen MR) is 81.7 cm³/mol. The Balaban J connectivity index is 2.07. The molecule has 4 heteroatoms. The van der Waals surface area contributed by atoms with Crippen molar-refractivity contribution in [2.45, 2.75) is 38.8 Å². The van der Waals surface area contributed by atoms with Gasteiger partial charge in [-0.15, -0.1) is 11.3 Å². The van der Waals surface area contributed by atoms with Crippen molar-refractivity contribution in [2.24, 2.45) is 0 Å². The Morgan fingerprint density at radius 1 is 1.37 bits per heavy atom. The van der Waals surface area contributed by atoms with Gasteiger partial charge in [0.1, 0.15) is 5.01 Å². The molecule has 1 N–H and O–H groups in total. The van der Waals surface area contributed by atoms with Crippen molar-refractivity contribution in [1.82, 2.24) is 10.3 Å². The van der Waals surface area contributed by atoms with E-state index >= 15 is 0 Å². The van der Waals surface area contributed by atoms with Crippen LogP contribution in [0.1, 0.15) is 37.7 Å². The number of methoxy groups -OCH3 is 1. The minimum atomic E-state index is 0.268. The van der Waals surface area contributed by atoms with Crippen molar-refractivity contribution < 1.29 is 4.74 Å². The number of para-hydroxylation sites is 1. The summed E-state index contributed by atoms with van der Waals surface area (Å²) in [5, 5.41) is 4.77. The molecule has 1 heterocycles. The third kappa shape index (κ3) is 3.75. The maximum atomic E-state index is 5.27. The summed E-state index contributed by atoms with van der Waals surface area (Å²) in [5.74, 6) is 0. The van der Waals surface area contributed by atoms with Gasteiger partial charge in [0.05, 0.1) is 22.9 Å². The van der Waals surface area contributed by atoms with Gasteiger partial charge >= 0.3 is 0 Å². The molecular formula is C15H22N2OS. The fraction of sp³-hybridized carbons (Fsp3) is 0.533. The van der Waals surface area contributed by atoms with E-state index in [1.807, 2.05) is 6.07 Å². The summed E-state index contributed by atoms with van der Waals surface area (Å²) in [6.07, 6.45) is 2.29. The smallest absolute Gasteiger partial charge is 0.111 e. The molecule has 2 aromatic rings. The summed E-state index contributed by atoms with van der Waals surface area (Å²) < 4.78 is 6.53. The Bertz CT molecular complexity index is 473. The average Bonchev–Trinajstić information content (AvgIpc) is 2.83. The molecule has 0 aliphatic carbocycles. The van der Waals surface area contributed by atoms with Gasteiger partial charge in [0, 0.05) is 13.2 Å². The topological polar surface area (TPSA) is 34.1 Å². The van der Waals surface area contributed by atoms with Gasteiger partial charge in [0.25, 0.3) is 0 Å². The zero-order chi connectivity index (χ0) is 13.7. The second-order valence-electron chi connectivity index (χ2n) is 4.85. The third-order valence-electron chi connectivity index (χ3n) is 3.17.